The fourth-order valence-corrected chi connectivity index (χ4v) is 6.19. The van der Waals surface area contributed by atoms with E-state index in [2.05, 4.69) is 64.2 Å². The average molecular weight is 632 g/mol. The number of hydrogen-bond acceptors (Lipinski definition) is 6. The van der Waals surface area contributed by atoms with Crippen LogP contribution in [0.1, 0.15) is 87.8 Å². The number of benzene rings is 1. The van der Waals surface area contributed by atoms with Gasteiger partial charge in [0.05, 0.1) is 28.2 Å². The van der Waals surface area contributed by atoms with Crippen molar-refractivity contribution in [1.29, 1.82) is 0 Å². The van der Waals surface area contributed by atoms with Gasteiger partial charge in [-0.15, -0.1) is 0 Å². The van der Waals surface area contributed by atoms with Gasteiger partial charge in [0, 0.05) is 53.9 Å². The number of amides is 2. The number of halogens is 1. The summed E-state index contributed by atoms with van der Waals surface area (Å²) in [5, 5.41) is 10.1. The van der Waals surface area contributed by atoms with Crippen molar-refractivity contribution >= 4 is 46.8 Å². The summed E-state index contributed by atoms with van der Waals surface area (Å²) in [6.07, 6.45) is 15.2. The standard InChI is InChI=1S/C35H46ClN7O2/c1-6-12-26-28(21-37-30(26)9-4)33-29(36)22-38-35(42-33)41-24-14-11-13-23(19-24)40-34(45)27-16-15-25(39-32(44)10-5)20-31(27)43(17-7-2)18-8-3/h6,10,12,15-16,20-24,37H,5,7-9,11,13-14,17-19H2,1-4H3,(H,39,44)(H,40,45)(H,38,41,42). The molecule has 2 aromatic heterocycles. The molecule has 4 N–H and O–H groups in total. The highest BCUT2D eigenvalue weighted by Crippen LogP contribution is 2.33. The number of aryl methyl sites for hydroxylation is 1. The Kier molecular flexibility index (Phi) is 12.2. The van der Waals surface area contributed by atoms with Gasteiger partial charge in [-0.1, -0.05) is 51.1 Å². The van der Waals surface area contributed by atoms with Crippen molar-refractivity contribution in [3.8, 4) is 11.3 Å². The van der Waals surface area contributed by atoms with Gasteiger partial charge in [-0.25, -0.2) is 9.97 Å². The number of nitrogens with one attached hydrogen (secondary N) is 4. The first kappa shape index (κ1) is 33.8. The molecule has 45 heavy (non-hydrogen) atoms. The third-order valence-corrected chi connectivity index (χ3v) is 8.33. The Hall–Kier alpha value is -4.11. The van der Waals surface area contributed by atoms with Gasteiger partial charge >= 0.3 is 0 Å². The van der Waals surface area contributed by atoms with E-state index in [1.165, 1.54) is 6.08 Å². The van der Waals surface area contributed by atoms with Crippen molar-refractivity contribution in [2.24, 2.45) is 0 Å². The molecule has 2 amide bonds. The van der Waals surface area contributed by atoms with Crippen LogP contribution in [0.4, 0.5) is 17.3 Å². The second-order valence-electron chi connectivity index (χ2n) is 11.4. The zero-order chi connectivity index (χ0) is 32.3. The highest BCUT2D eigenvalue weighted by molar-refractivity contribution is 6.33. The summed E-state index contributed by atoms with van der Waals surface area (Å²) in [4.78, 5) is 40.6. The van der Waals surface area contributed by atoms with Crippen LogP contribution in [0.25, 0.3) is 17.3 Å². The van der Waals surface area contributed by atoms with Crippen LogP contribution in [0.3, 0.4) is 0 Å². The summed E-state index contributed by atoms with van der Waals surface area (Å²) >= 11 is 6.59. The predicted molar refractivity (Wildman–Crippen MR) is 186 cm³/mol. The minimum absolute atomic E-state index is 0.00704. The number of aromatic nitrogens is 3. The minimum atomic E-state index is -0.287. The molecule has 10 heteroatoms. The molecule has 9 nitrogen and oxygen atoms in total. The topological polar surface area (TPSA) is 115 Å². The van der Waals surface area contributed by atoms with Crippen LogP contribution in [0.2, 0.25) is 5.02 Å². The maximum atomic E-state index is 13.7. The smallest absolute Gasteiger partial charge is 0.253 e. The highest BCUT2D eigenvalue weighted by atomic mass is 35.5. The first-order valence-corrected chi connectivity index (χ1v) is 16.4. The fraction of sp³-hybridized carbons (Fsp3) is 0.429. The van der Waals surface area contributed by atoms with Crippen LogP contribution in [-0.4, -0.2) is 51.9 Å². The summed E-state index contributed by atoms with van der Waals surface area (Å²) in [5.41, 5.74) is 5.89. The molecular weight excluding hydrogens is 586 g/mol. The van der Waals surface area contributed by atoms with Crippen molar-refractivity contribution in [1.82, 2.24) is 20.3 Å². The summed E-state index contributed by atoms with van der Waals surface area (Å²) in [7, 11) is 0. The predicted octanol–water partition coefficient (Wildman–Crippen LogP) is 7.62. The first-order chi connectivity index (χ1) is 21.8. The van der Waals surface area contributed by atoms with E-state index in [1.54, 1.807) is 18.3 Å². The zero-order valence-corrected chi connectivity index (χ0v) is 27.6. The molecule has 1 aliphatic rings. The molecule has 2 heterocycles. The zero-order valence-electron chi connectivity index (χ0n) is 26.9. The van der Waals surface area contributed by atoms with E-state index in [0.29, 0.717) is 27.9 Å². The highest BCUT2D eigenvalue weighted by Gasteiger charge is 2.26. The van der Waals surface area contributed by atoms with Crippen molar-refractivity contribution in [3.05, 3.63) is 71.2 Å². The average Bonchev–Trinajstić information content (AvgIpc) is 3.44. The van der Waals surface area contributed by atoms with Crippen LogP contribution in [0.15, 0.2) is 49.3 Å². The van der Waals surface area contributed by atoms with E-state index in [1.807, 2.05) is 25.3 Å². The molecule has 2 unspecified atom stereocenters. The van der Waals surface area contributed by atoms with E-state index in [4.69, 9.17) is 16.6 Å². The number of rotatable bonds is 14. The van der Waals surface area contributed by atoms with Gasteiger partial charge < -0.3 is 25.8 Å². The van der Waals surface area contributed by atoms with Gasteiger partial charge in [0.2, 0.25) is 11.9 Å². The molecule has 1 saturated carbocycles. The fourth-order valence-electron chi connectivity index (χ4n) is 5.99. The lowest BCUT2D eigenvalue weighted by Gasteiger charge is -2.31. The summed E-state index contributed by atoms with van der Waals surface area (Å²) in [6, 6.07) is 5.55. The lowest BCUT2D eigenvalue weighted by atomic mass is 9.90. The molecule has 0 bridgehead atoms. The number of H-pyrrole nitrogens is 1. The Morgan fingerprint density at radius 3 is 2.60 bits per heavy atom. The molecule has 0 radical (unpaired) electrons. The molecule has 1 aromatic carbocycles. The lowest BCUT2D eigenvalue weighted by Crippen LogP contribution is -2.42. The number of carbonyl (C=O) groups is 2. The van der Waals surface area contributed by atoms with Crippen LogP contribution < -0.4 is 20.9 Å². The Morgan fingerprint density at radius 1 is 1.16 bits per heavy atom. The maximum absolute atomic E-state index is 13.7. The van der Waals surface area contributed by atoms with E-state index >= 15 is 0 Å². The van der Waals surface area contributed by atoms with Crippen LogP contribution in [0.5, 0.6) is 0 Å². The Morgan fingerprint density at radius 2 is 1.91 bits per heavy atom. The minimum Gasteiger partial charge on any atom is -0.371 e. The van der Waals surface area contributed by atoms with Gasteiger partial charge in [-0.2, -0.15) is 0 Å². The number of nitrogens with zero attached hydrogens (tertiary/aromatic N) is 3. The molecule has 1 fully saturated rings. The normalized spacial score (nSPS) is 16.4. The van der Waals surface area contributed by atoms with Gasteiger partial charge in [-0.3, -0.25) is 9.59 Å². The second-order valence-corrected chi connectivity index (χ2v) is 11.8. The molecule has 4 rings (SSSR count). The monoisotopic (exact) mass is 631 g/mol. The Balaban J connectivity index is 1.50. The number of hydrogen-bond donors (Lipinski definition) is 4. The molecule has 3 aromatic rings. The van der Waals surface area contributed by atoms with Crippen molar-refractivity contribution < 1.29 is 9.59 Å². The largest absolute Gasteiger partial charge is 0.371 e. The molecule has 0 aliphatic heterocycles. The third-order valence-electron chi connectivity index (χ3n) is 8.06. The quantitative estimate of drug-likeness (QED) is 0.136. The van der Waals surface area contributed by atoms with Crippen molar-refractivity contribution in [3.63, 3.8) is 0 Å². The van der Waals surface area contributed by atoms with Crippen LogP contribution >= 0.6 is 11.6 Å². The molecule has 1 aliphatic carbocycles. The van der Waals surface area contributed by atoms with E-state index in [9.17, 15) is 9.59 Å². The molecular formula is C35H46ClN7O2. The van der Waals surface area contributed by atoms with Gasteiger partial charge in [0.15, 0.2) is 0 Å². The van der Waals surface area contributed by atoms with Gasteiger partial charge in [0.1, 0.15) is 0 Å². The van der Waals surface area contributed by atoms with E-state index in [0.717, 1.165) is 80.5 Å². The Bertz CT molecular complexity index is 1510. The number of aromatic amines is 1. The Labute approximate surface area is 272 Å². The van der Waals surface area contributed by atoms with Gasteiger partial charge in [0.25, 0.3) is 5.91 Å². The van der Waals surface area contributed by atoms with Gasteiger partial charge in [-0.05, 0) is 76.1 Å². The first-order valence-electron chi connectivity index (χ1n) is 16.1. The van der Waals surface area contributed by atoms with Crippen molar-refractivity contribution in [2.45, 2.75) is 84.7 Å². The number of carbonyl (C=O) groups excluding carboxylic acids is 2. The third kappa shape index (κ3) is 8.54. The molecule has 0 spiro atoms. The molecule has 0 saturated heterocycles. The van der Waals surface area contributed by atoms with Crippen molar-refractivity contribution in [2.75, 3.05) is 28.6 Å². The lowest BCUT2D eigenvalue weighted by molar-refractivity contribution is -0.111. The van der Waals surface area contributed by atoms with E-state index < -0.39 is 0 Å². The molecule has 240 valence electrons. The molecule has 2 atom stereocenters. The summed E-state index contributed by atoms with van der Waals surface area (Å²) in [6.45, 7) is 13.5. The SMILES string of the molecule is C=CC(=O)Nc1ccc(C(=O)NC2CCCC(Nc3ncc(Cl)c(-c4c[nH]c(CC)c4C=CC)n3)C2)c(N(CCC)CCC)c1. The number of allylic oxidation sites excluding steroid dienone is 1. The summed E-state index contributed by atoms with van der Waals surface area (Å²) in [5.74, 6) is 0.117. The van der Waals surface area contributed by atoms with E-state index in [-0.39, 0.29) is 23.9 Å². The van der Waals surface area contributed by atoms with Crippen LogP contribution in [0, 0.1) is 0 Å². The van der Waals surface area contributed by atoms with Crippen LogP contribution in [-0.2, 0) is 11.2 Å². The number of anilines is 3. The summed E-state index contributed by atoms with van der Waals surface area (Å²) < 4.78 is 0. The second kappa shape index (κ2) is 16.3. The maximum Gasteiger partial charge on any atom is 0.253 e.